The lowest BCUT2D eigenvalue weighted by molar-refractivity contribution is -0.123. The van der Waals surface area contributed by atoms with Crippen LogP contribution in [0, 0.1) is 13.8 Å². The van der Waals surface area contributed by atoms with Crippen molar-refractivity contribution in [3.63, 3.8) is 0 Å². The monoisotopic (exact) mass is 471 g/mol. The van der Waals surface area contributed by atoms with E-state index in [1.54, 1.807) is 0 Å². The fourth-order valence-electron chi connectivity index (χ4n) is 4.32. The molecule has 0 spiro atoms. The summed E-state index contributed by atoms with van der Waals surface area (Å²) in [5.74, 6) is -0.184. The van der Waals surface area contributed by atoms with E-state index in [4.69, 9.17) is 11.6 Å². The van der Waals surface area contributed by atoms with E-state index in [0.29, 0.717) is 18.0 Å². The number of hydrogen-bond acceptors (Lipinski definition) is 4. The summed E-state index contributed by atoms with van der Waals surface area (Å²) < 4.78 is 0. The summed E-state index contributed by atoms with van der Waals surface area (Å²) in [6.07, 6.45) is 2.50. The number of halogens is 1. The van der Waals surface area contributed by atoms with Gasteiger partial charge in [-0.1, -0.05) is 36.7 Å². The minimum Gasteiger partial charge on any atom is -0.353 e. The molecule has 1 fully saturated rings. The number of aryl methyl sites for hydroxylation is 2. The van der Waals surface area contributed by atoms with Gasteiger partial charge in [0.05, 0.1) is 5.92 Å². The maximum absolute atomic E-state index is 12.9. The quantitative estimate of drug-likeness (QED) is 0.537. The average Bonchev–Trinajstić information content (AvgIpc) is 2.76. The van der Waals surface area contributed by atoms with E-state index < -0.39 is 0 Å². The number of benzene rings is 1. The van der Waals surface area contributed by atoms with E-state index in [2.05, 4.69) is 25.8 Å². The SMILES string of the molecule is CCC(C(=O)NC1CCN(CCNC(=O)Nc2cc(C)nc(C)c2)CC1)c1ccccc1Cl. The van der Waals surface area contributed by atoms with E-state index >= 15 is 0 Å². The summed E-state index contributed by atoms with van der Waals surface area (Å²) in [7, 11) is 0. The number of nitrogens with zero attached hydrogens (tertiary/aromatic N) is 2. The highest BCUT2D eigenvalue weighted by Gasteiger charge is 2.25. The number of amides is 3. The molecular weight excluding hydrogens is 438 g/mol. The van der Waals surface area contributed by atoms with Gasteiger partial charge in [0, 0.05) is 54.3 Å². The van der Waals surface area contributed by atoms with Gasteiger partial charge in [-0.15, -0.1) is 0 Å². The van der Waals surface area contributed by atoms with Crippen LogP contribution in [0.5, 0.6) is 0 Å². The molecule has 0 bridgehead atoms. The van der Waals surface area contributed by atoms with Gasteiger partial charge < -0.3 is 20.9 Å². The Bertz CT molecular complexity index is 939. The first kappa shape index (κ1) is 25.0. The lowest BCUT2D eigenvalue weighted by atomic mass is 9.94. The van der Waals surface area contributed by atoms with Crippen LogP contribution in [0.1, 0.15) is 49.1 Å². The molecule has 1 aromatic carbocycles. The summed E-state index contributed by atoms with van der Waals surface area (Å²) in [5, 5.41) is 9.63. The first-order chi connectivity index (χ1) is 15.9. The number of piperidine rings is 1. The Morgan fingerprint density at radius 1 is 1.15 bits per heavy atom. The number of carbonyl (C=O) groups is 2. The second kappa shape index (κ2) is 12.0. The first-order valence-corrected chi connectivity index (χ1v) is 12.0. The molecule has 7 nitrogen and oxygen atoms in total. The second-order valence-corrected chi connectivity index (χ2v) is 9.03. The van der Waals surface area contributed by atoms with Gasteiger partial charge in [0.15, 0.2) is 0 Å². The Kier molecular flexibility index (Phi) is 9.09. The highest BCUT2D eigenvalue weighted by Crippen LogP contribution is 2.27. The predicted molar refractivity (Wildman–Crippen MR) is 133 cm³/mol. The van der Waals surface area contributed by atoms with Gasteiger partial charge in [0.25, 0.3) is 0 Å². The van der Waals surface area contributed by atoms with Gasteiger partial charge in [0.1, 0.15) is 0 Å². The Hall–Kier alpha value is -2.64. The molecule has 2 aromatic rings. The number of carbonyl (C=O) groups excluding carboxylic acids is 2. The molecule has 178 valence electrons. The Morgan fingerprint density at radius 3 is 2.45 bits per heavy atom. The van der Waals surface area contributed by atoms with E-state index in [0.717, 1.165) is 55.1 Å². The molecule has 3 N–H and O–H groups in total. The summed E-state index contributed by atoms with van der Waals surface area (Å²) >= 11 is 6.31. The fourth-order valence-corrected chi connectivity index (χ4v) is 4.58. The maximum atomic E-state index is 12.9. The largest absolute Gasteiger partial charge is 0.353 e. The van der Waals surface area contributed by atoms with Crippen LogP contribution in [0.15, 0.2) is 36.4 Å². The van der Waals surface area contributed by atoms with Gasteiger partial charge in [-0.05, 0) is 56.9 Å². The number of urea groups is 1. The molecule has 1 unspecified atom stereocenters. The minimum absolute atomic E-state index is 0.0453. The molecule has 1 aliphatic rings. The third kappa shape index (κ3) is 7.44. The van der Waals surface area contributed by atoms with Gasteiger partial charge >= 0.3 is 6.03 Å². The third-order valence-electron chi connectivity index (χ3n) is 5.99. The molecule has 1 atom stereocenters. The molecule has 0 radical (unpaired) electrons. The molecule has 1 aliphatic heterocycles. The van der Waals surface area contributed by atoms with E-state index in [-0.39, 0.29) is 23.9 Å². The molecule has 3 amide bonds. The van der Waals surface area contributed by atoms with Gasteiger partial charge in [-0.3, -0.25) is 9.78 Å². The predicted octanol–water partition coefficient (Wildman–Crippen LogP) is 4.25. The van der Waals surface area contributed by atoms with Crippen molar-refractivity contribution >= 4 is 29.2 Å². The lowest BCUT2D eigenvalue weighted by Gasteiger charge is -2.33. The molecular formula is C25H34ClN5O2. The topological polar surface area (TPSA) is 86.4 Å². The van der Waals surface area contributed by atoms with E-state index in [1.807, 2.05) is 57.2 Å². The van der Waals surface area contributed by atoms with E-state index in [1.165, 1.54) is 0 Å². The van der Waals surface area contributed by atoms with Gasteiger partial charge in [-0.25, -0.2) is 4.79 Å². The van der Waals surface area contributed by atoms with Crippen LogP contribution in [0.4, 0.5) is 10.5 Å². The Balaban J connectivity index is 1.38. The molecule has 1 aromatic heterocycles. The number of rotatable bonds is 8. The van der Waals surface area contributed by atoms with Crippen molar-refractivity contribution in [1.29, 1.82) is 0 Å². The van der Waals surface area contributed by atoms with E-state index in [9.17, 15) is 9.59 Å². The van der Waals surface area contributed by atoms with Crippen LogP contribution in [0.2, 0.25) is 5.02 Å². The zero-order chi connectivity index (χ0) is 23.8. The van der Waals surface area contributed by atoms with Crippen molar-refractivity contribution in [2.24, 2.45) is 0 Å². The summed E-state index contributed by atoms with van der Waals surface area (Å²) in [6.45, 7) is 8.94. The highest BCUT2D eigenvalue weighted by atomic mass is 35.5. The third-order valence-corrected chi connectivity index (χ3v) is 6.34. The smallest absolute Gasteiger partial charge is 0.319 e. The van der Waals surface area contributed by atoms with Crippen molar-refractivity contribution in [3.05, 3.63) is 58.4 Å². The number of nitrogens with one attached hydrogen (secondary N) is 3. The van der Waals surface area contributed by atoms with Gasteiger partial charge in [-0.2, -0.15) is 0 Å². The lowest BCUT2D eigenvalue weighted by Crippen LogP contribution is -2.47. The van der Waals surface area contributed by atoms with Crippen LogP contribution in [-0.2, 0) is 4.79 Å². The van der Waals surface area contributed by atoms with Crippen LogP contribution >= 0.6 is 11.6 Å². The van der Waals surface area contributed by atoms with Crippen LogP contribution in [-0.4, -0.2) is 54.0 Å². The number of anilines is 1. The standard InChI is InChI=1S/C25H34ClN5O2/c1-4-21(22-7-5-6-8-23(22)26)24(32)29-19-9-12-31(13-10-19)14-11-27-25(33)30-20-15-17(2)28-18(3)16-20/h5-8,15-16,19,21H,4,9-14H2,1-3H3,(H,29,32)(H2,27,28,30,33). The number of pyridine rings is 1. The average molecular weight is 472 g/mol. The minimum atomic E-state index is -0.229. The van der Waals surface area contributed by atoms with Crippen molar-refractivity contribution in [1.82, 2.24) is 20.5 Å². The highest BCUT2D eigenvalue weighted by molar-refractivity contribution is 6.31. The number of hydrogen-bond donors (Lipinski definition) is 3. The Labute approximate surface area is 201 Å². The zero-order valence-corrected chi connectivity index (χ0v) is 20.4. The van der Waals surface area contributed by atoms with Crippen molar-refractivity contribution in [3.8, 4) is 0 Å². The fraction of sp³-hybridized carbons (Fsp3) is 0.480. The van der Waals surface area contributed by atoms with Crippen LogP contribution < -0.4 is 16.0 Å². The number of aromatic nitrogens is 1. The molecule has 1 saturated heterocycles. The van der Waals surface area contributed by atoms with Gasteiger partial charge in [0.2, 0.25) is 5.91 Å². The molecule has 0 aliphatic carbocycles. The van der Waals surface area contributed by atoms with Crippen LogP contribution in [0.25, 0.3) is 0 Å². The second-order valence-electron chi connectivity index (χ2n) is 8.63. The summed E-state index contributed by atoms with van der Waals surface area (Å²) in [6, 6.07) is 11.2. The molecule has 3 rings (SSSR count). The van der Waals surface area contributed by atoms with Crippen molar-refractivity contribution < 1.29 is 9.59 Å². The number of likely N-dealkylation sites (tertiary alicyclic amines) is 1. The van der Waals surface area contributed by atoms with Crippen molar-refractivity contribution in [2.45, 2.75) is 52.0 Å². The molecule has 8 heteroatoms. The molecule has 2 heterocycles. The maximum Gasteiger partial charge on any atom is 0.319 e. The molecule has 0 saturated carbocycles. The molecule has 33 heavy (non-hydrogen) atoms. The normalized spacial score (nSPS) is 15.6. The summed E-state index contributed by atoms with van der Waals surface area (Å²) in [5.41, 5.74) is 3.38. The summed E-state index contributed by atoms with van der Waals surface area (Å²) in [4.78, 5) is 31.7. The van der Waals surface area contributed by atoms with Crippen molar-refractivity contribution in [2.75, 3.05) is 31.5 Å². The zero-order valence-electron chi connectivity index (χ0n) is 19.7. The first-order valence-electron chi connectivity index (χ1n) is 11.6. The van der Waals surface area contributed by atoms with Crippen LogP contribution in [0.3, 0.4) is 0 Å². The Morgan fingerprint density at radius 2 is 1.82 bits per heavy atom.